The maximum absolute atomic E-state index is 12.8. The van der Waals surface area contributed by atoms with E-state index < -0.39 is 0 Å². The number of ether oxygens (including phenoxy) is 2. The summed E-state index contributed by atoms with van der Waals surface area (Å²) in [7, 11) is 1.56. The fourth-order valence-electron chi connectivity index (χ4n) is 4.14. The van der Waals surface area contributed by atoms with Crippen LogP contribution in [-0.2, 0) is 14.9 Å². The highest BCUT2D eigenvalue weighted by atomic mass is 16.5. The lowest BCUT2D eigenvalue weighted by Crippen LogP contribution is -2.46. The summed E-state index contributed by atoms with van der Waals surface area (Å²) < 4.78 is 10.8. The van der Waals surface area contributed by atoms with Crippen LogP contribution in [-0.4, -0.2) is 31.6 Å². The standard InChI is InChI=1S/C23H27NO4/c1-17(25)28-19-11-8-14-23(15-19,18-9-4-3-5-10-18)16-24-22(26)20-12-6-7-13-21(20)27-2/h3-7,9-10,12-13,19H,8,11,14-16H2,1-2H3,(H,24,26)/t19-,23-/m1/s1. The molecule has 0 aromatic heterocycles. The van der Waals surface area contributed by atoms with Gasteiger partial charge in [0.1, 0.15) is 11.9 Å². The summed E-state index contributed by atoms with van der Waals surface area (Å²) in [4.78, 5) is 24.3. The van der Waals surface area contributed by atoms with Crippen LogP contribution in [0.15, 0.2) is 54.6 Å². The van der Waals surface area contributed by atoms with E-state index in [9.17, 15) is 9.59 Å². The van der Waals surface area contributed by atoms with Gasteiger partial charge in [0.25, 0.3) is 5.91 Å². The number of esters is 1. The smallest absolute Gasteiger partial charge is 0.302 e. The molecule has 5 nitrogen and oxygen atoms in total. The minimum Gasteiger partial charge on any atom is -0.496 e. The van der Waals surface area contributed by atoms with E-state index in [1.54, 1.807) is 19.2 Å². The van der Waals surface area contributed by atoms with Crippen molar-refractivity contribution in [2.24, 2.45) is 0 Å². The zero-order chi connectivity index (χ0) is 20.0. The van der Waals surface area contributed by atoms with Crippen LogP contribution in [0.2, 0.25) is 0 Å². The van der Waals surface area contributed by atoms with Crippen LogP contribution in [0, 0.1) is 0 Å². The van der Waals surface area contributed by atoms with Gasteiger partial charge >= 0.3 is 5.97 Å². The molecule has 0 spiro atoms. The van der Waals surface area contributed by atoms with E-state index in [0.717, 1.165) is 24.8 Å². The molecule has 148 valence electrons. The molecule has 2 atom stereocenters. The van der Waals surface area contributed by atoms with Gasteiger partial charge in [0.15, 0.2) is 0 Å². The monoisotopic (exact) mass is 381 g/mol. The van der Waals surface area contributed by atoms with E-state index >= 15 is 0 Å². The number of nitrogens with one attached hydrogen (secondary N) is 1. The predicted octanol–water partition coefficient (Wildman–Crippen LogP) is 3.87. The highest BCUT2D eigenvalue weighted by Gasteiger charge is 2.39. The normalized spacial score (nSPS) is 21.6. The van der Waals surface area contributed by atoms with E-state index in [1.807, 2.05) is 30.3 Å². The van der Waals surface area contributed by atoms with E-state index in [1.165, 1.54) is 6.92 Å². The van der Waals surface area contributed by atoms with Crippen LogP contribution >= 0.6 is 0 Å². The molecule has 5 heteroatoms. The predicted molar refractivity (Wildman–Crippen MR) is 107 cm³/mol. The van der Waals surface area contributed by atoms with Crippen LogP contribution in [0.1, 0.15) is 48.5 Å². The first-order chi connectivity index (χ1) is 13.5. The molecule has 0 heterocycles. The number of rotatable bonds is 6. The molecule has 1 fully saturated rings. The third-order valence-corrected chi connectivity index (χ3v) is 5.46. The van der Waals surface area contributed by atoms with Crippen molar-refractivity contribution < 1.29 is 19.1 Å². The van der Waals surface area contributed by atoms with Gasteiger partial charge < -0.3 is 14.8 Å². The van der Waals surface area contributed by atoms with Crippen molar-refractivity contribution in [1.82, 2.24) is 5.32 Å². The second-order valence-corrected chi connectivity index (χ2v) is 7.36. The fourth-order valence-corrected chi connectivity index (χ4v) is 4.14. The minimum absolute atomic E-state index is 0.130. The number of carbonyl (C=O) groups is 2. The molecule has 1 saturated carbocycles. The maximum Gasteiger partial charge on any atom is 0.302 e. The Balaban J connectivity index is 1.82. The first kappa shape index (κ1) is 19.9. The maximum atomic E-state index is 12.8. The van der Waals surface area contributed by atoms with Crippen LogP contribution in [0.3, 0.4) is 0 Å². The Kier molecular flexibility index (Phi) is 6.34. The third-order valence-electron chi connectivity index (χ3n) is 5.46. The molecule has 1 aliphatic rings. The SMILES string of the molecule is COc1ccccc1C(=O)NC[C@@]1(c2ccccc2)CCC[C@@H](OC(C)=O)C1. The number of hydrogen-bond donors (Lipinski definition) is 1. The summed E-state index contributed by atoms with van der Waals surface area (Å²) in [6.45, 7) is 1.92. The minimum atomic E-state index is -0.267. The molecule has 0 saturated heterocycles. The summed E-state index contributed by atoms with van der Waals surface area (Å²) in [5.74, 6) is 0.129. The molecule has 0 unspecified atom stereocenters. The topological polar surface area (TPSA) is 64.6 Å². The van der Waals surface area contributed by atoms with Gasteiger partial charge in [-0.3, -0.25) is 9.59 Å². The van der Waals surface area contributed by atoms with Gasteiger partial charge in [-0.1, -0.05) is 42.5 Å². The van der Waals surface area contributed by atoms with Gasteiger partial charge in [0.05, 0.1) is 12.7 Å². The molecule has 2 aromatic rings. The summed E-state index contributed by atoms with van der Waals surface area (Å²) >= 11 is 0. The highest BCUT2D eigenvalue weighted by Crippen LogP contribution is 2.40. The average molecular weight is 381 g/mol. The van der Waals surface area contributed by atoms with Gasteiger partial charge in [-0.05, 0) is 43.4 Å². The zero-order valence-corrected chi connectivity index (χ0v) is 16.4. The molecule has 28 heavy (non-hydrogen) atoms. The van der Waals surface area contributed by atoms with Crippen LogP contribution in [0.5, 0.6) is 5.75 Å². The Morgan fingerprint density at radius 1 is 1.11 bits per heavy atom. The van der Waals surface area contributed by atoms with Crippen molar-refractivity contribution >= 4 is 11.9 Å². The van der Waals surface area contributed by atoms with Crippen LogP contribution in [0.25, 0.3) is 0 Å². The first-order valence-corrected chi connectivity index (χ1v) is 9.68. The van der Waals surface area contributed by atoms with Crippen molar-refractivity contribution in [3.05, 3.63) is 65.7 Å². The van der Waals surface area contributed by atoms with E-state index in [0.29, 0.717) is 24.3 Å². The van der Waals surface area contributed by atoms with Crippen molar-refractivity contribution in [3.8, 4) is 5.75 Å². The van der Waals surface area contributed by atoms with Gasteiger partial charge in [0, 0.05) is 18.9 Å². The molecule has 0 radical (unpaired) electrons. The Hall–Kier alpha value is -2.82. The largest absolute Gasteiger partial charge is 0.496 e. The summed E-state index contributed by atoms with van der Waals surface area (Å²) in [5.41, 5.74) is 1.41. The van der Waals surface area contributed by atoms with Gasteiger partial charge in [-0.15, -0.1) is 0 Å². The number of benzene rings is 2. The first-order valence-electron chi connectivity index (χ1n) is 9.68. The molecular formula is C23H27NO4. The van der Waals surface area contributed by atoms with Crippen LogP contribution in [0.4, 0.5) is 0 Å². The summed E-state index contributed by atoms with van der Waals surface area (Å²) in [6.07, 6.45) is 3.30. The molecule has 0 bridgehead atoms. The number of para-hydroxylation sites is 1. The van der Waals surface area contributed by atoms with Crippen molar-refractivity contribution in [2.45, 2.75) is 44.1 Å². The zero-order valence-electron chi connectivity index (χ0n) is 16.4. The van der Waals surface area contributed by atoms with Gasteiger partial charge in [-0.25, -0.2) is 0 Å². The molecule has 0 aliphatic heterocycles. The molecule has 1 aliphatic carbocycles. The van der Waals surface area contributed by atoms with E-state index in [2.05, 4.69) is 17.4 Å². The molecule has 2 aromatic carbocycles. The van der Waals surface area contributed by atoms with Crippen LogP contribution < -0.4 is 10.1 Å². The second kappa shape index (κ2) is 8.91. The summed E-state index contributed by atoms with van der Waals surface area (Å²) in [6, 6.07) is 17.4. The highest BCUT2D eigenvalue weighted by molar-refractivity contribution is 5.96. The number of carbonyl (C=O) groups excluding carboxylic acids is 2. The second-order valence-electron chi connectivity index (χ2n) is 7.36. The number of hydrogen-bond acceptors (Lipinski definition) is 4. The van der Waals surface area contributed by atoms with Crippen molar-refractivity contribution in [2.75, 3.05) is 13.7 Å². The lowest BCUT2D eigenvalue weighted by molar-refractivity contribution is -0.148. The fraction of sp³-hybridized carbons (Fsp3) is 0.391. The average Bonchev–Trinajstić information content (AvgIpc) is 2.72. The molecule has 1 amide bonds. The number of methoxy groups -OCH3 is 1. The third kappa shape index (κ3) is 4.53. The Bertz CT molecular complexity index is 820. The molecular weight excluding hydrogens is 354 g/mol. The Labute approximate surface area is 166 Å². The Morgan fingerprint density at radius 2 is 1.82 bits per heavy atom. The molecule has 1 N–H and O–H groups in total. The van der Waals surface area contributed by atoms with E-state index in [4.69, 9.17) is 9.47 Å². The lowest BCUT2D eigenvalue weighted by Gasteiger charge is -2.41. The quantitative estimate of drug-likeness (QED) is 0.772. The van der Waals surface area contributed by atoms with E-state index in [-0.39, 0.29) is 23.4 Å². The van der Waals surface area contributed by atoms with Gasteiger partial charge in [-0.2, -0.15) is 0 Å². The van der Waals surface area contributed by atoms with Gasteiger partial charge in [0.2, 0.25) is 0 Å². The van der Waals surface area contributed by atoms with Crippen molar-refractivity contribution in [1.29, 1.82) is 0 Å². The van der Waals surface area contributed by atoms with Crippen molar-refractivity contribution in [3.63, 3.8) is 0 Å². The number of amides is 1. The lowest BCUT2D eigenvalue weighted by atomic mass is 9.68. The Morgan fingerprint density at radius 3 is 2.54 bits per heavy atom. The molecule has 3 rings (SSSR count). The summed E-state index contributed by atoms with van der Waals surface area (Å²) in [5, 5.41) is 3.10.